The van der Waals surface area contributed by atoms with Gasteiger partial charge in [-0.2, -0.15) is 0 Å². The molecule has 1 amide bonds. The fourth-order valence-electron chi connectivity index (χ4n) is 2.38. The molecule has 1 aromatic rings. The van der Waals surface area contributed by atoms with Gasteiger partial charge in [0, 0.05) is 24.9 Å². The molecule has 1 saturated heterocycles. The van der Waals surface area contributed by atoms with Crippen molar-refractivity contribution < 1.29 is 23.4 Å². The van der Waals surface area contributed by atoms with Crippen LogP contribution in [0.5, 0.6) is 0 Å². The molecule has 0 radical (unpaired) electrons. The Bertz CT molecular complexity index is 522. The van der Waals surface area contributed by atoms with Crippen LogP contribution >= 0.6 is 0 Å². The molecule has 2 unspecified atom stereocenters. The standard InChI is InChI=1S/C15H19F2NO3/c1-15(2,3)21-14(20)18-8-10(6-13(18)19)9-4-11(16)7-12(17)5-9/h4-5,7,10,13,19H,6,8H2,1-3H3. The number of ether oxygens (including phenoxy) is 1. The van der Waals surface area contributed by atoms with Gasteiger partial charge < -0.3 is 9.84 Å². The first kappa shape index (κ1) is 15.7. The number of carbonyl (C=O) groups excluding carboxylic acids is 1. The fraction of sp³-hybridized carbons (Fsp3) is 0.533. The minimum Gasteiger partial charge on any atom is -0.444 e. The van der Waals surface area contributed by atoms with Crippen LogP contribution in [0.25, 0.3) is 0 Å². The van der Waals surface area contributed by atoms with Crippen LogP contribution in [0.4, 0.5) is 13.6 Å². The van der Waals surface area contributed by atoms with E-state index in [1.54, 1.807) is 20.8 Å². The summed E-state index contributed by atoms with van der Waals surface area (Å²) in [7, 11) is 0. The van der Waals surface area contributed by atoms with Gasteiger partial charge in [0.15, 0.2) is 0 Å². The van der Waals surface area contributed by atoms with E-state index in [9.17, 15) is 18.7 Å². The first-order valence-corrected chi connectivity index (χ1v) is 6.79. The molecule has 1 aromatic carbocycles. The van der Waals surface area contributed by atoms with E-state index in [1.807, 2.05) is 0 Å². The van der Waals surface area contributed by atoms with Crippen molar-refractivity contribution in [3.8, 4) is 0 Å². The van der Waals surface area contributed by atoms with Gasteiger partial charge in [-0.1, -0.05) is 0 Å². The van der Waals surface area contributed by atoms with Crippen molar-refractivity contribution in [3.63, 3.8) is 0 Å². The van der Waals surface area contributed by atoms with Crippen LogP contribution in [0.15, 0.2) is 18.2 Å². The third-order valence-corrected chi connectivity index (χ3v) is 3.26. The summed E-state index contributed by atoms with van der Waals surface area (Å²) >= 11 is 0. The number of rotatable bonds is 1. The molecule has 0 bridgehead atoms. The Morgan fingerprint density at radius 1 is 1.29 bits per heavy atom. The predicted octanol–water partition coefficient (Wildman–Crippen LogP) is 3.01. The van der Waals surface area contributed by atoms with E-state index in [4.69, 9.17) is 4.74 Å². The first-order valence-electron chi connectivity index (χ1n) is 6.79. The van der Waals surface area contributed by atoms with E-state index in [1.165, 1.54) is 17.0 Å². The fourth-order valence-corrected chi connectivity index (χ4v) is 2.38. The Hall–Kier alpha value is -1.69. The van der Waals surface area contributed by atoms with Crippen LogP contribution in [-0.4, -0.2) is 34.5 Å². The van der Waals surface area contributed by atoms with Gasteiger partial charge in [0.1, 0.15) is 23.5 Å². The van der Waals surface area contributed by atoms with Crippen LogP contribution in [0.2, 0.25) is 0 Å². The maximum absolute atomic E-state index is 13.2. The van der Waals surface area contributed by atoms with Gasteiger partial charge in [-0.25, -0.2) is 13.6 Å². The number of halogens is 2. The third-order valence-electron chi connectivity index (χ3n) is 3.26. The topological polar surface area (TPSA) is 49.8 Å². The Kier molecular flexibility index (Phi) is 4.18. The lowest BCUT2D eigenvalue weighted by atomic mass is 9.98. The summed E-state index contributed by atoms with van der Waals surface area (Å²) in [6.45, 7) is 5.35. The molecule has 1 aliphatic rings. The lowest BCUT2D eigenvalue weighted by molar-refractivity contribution is -0.0128. The Balaban J connectivity index is 2.12. The number of likely N-dealkylation sites (tertiary alicyclic amines) is 1. The summed E-state index contributed by atoms with van der Waals surface area (Å²) < 4.78 is 31.7. The van der Waals surface area contributed by atoms with Gasteiger partial charge in [-0.15, -0.1) is 0 Å². The van der Waals surface area contributed by atoms with Crippen molar-refractivity contribution in [2.24, 2.45) is 0 Å². The molecule has 21 heavy (non-hydrogen) atoms. The first-order chi connectivity index (χ1) is 9.65. The second kappa shape index (κ2) is 5.60. The summed E-state index contributed by atoms with van der Waals surface area (Å²) in [5.74, 6) is -1.66. The van der Waals surface area contributed by atoms with E-state index < -0.39 is 29.6 Å². The Labute approximate surface area is 122 Å². The zero-order valence-corrected chi connectivity index (χ0v) is 12.3. The van der Waals surface area contributed by atoms with Gasteiger partial charge in [-0.3, -0.25) is 4.90 Å². The second-order valence-corrected chi connectivity index (χ2v) is 6.25. The molecule has 1 N–H and O–H groups in total. The zero-order chi connectivity index (χ0) is 15.8. The predicted molar refractivity (Wildman–Crippen MR) is 72.7 cm³/mol. The molecule has 2 atom stereocenters. The minimum atomic E-state index is -1.02. The Morgan fingerprint density at radius 2 is 1.86 bits per heavy atom. The molecule has 0 aromatic heterocycles. The highest BCUT2D eigenvalue weighted by atomic mass is 19.1. The number of carbonyl (C=O) groups is 1. The number of aliphatic hydroxyl groups excluding tert-OH is 1. The number of hydrogen-bond donors (Lipinski definition) is 1. The van der Waals surface area contributed by atoms with Crippen molar-refractivity contribution in [2.45, 2.75) is 44.9 Å². The van der Waals surface area contributed by atoms with Crippen LogP contribution in [-0.2, 0) is 4.74 Å². The average molecular weight is 299 g/mol. The molecule has 116 valence electrons. The van der Waals surface area contributed by atoms with Gasteiger partial charge in [0.2, 0.25) is 0 Å². The number of benzene rings is 1. The molecule has 0 saturated carbocycles. The van der Waals surface area contributed by atoms with Crippen molar-refractivity contribution in [2.75, 3.05) is 6.54 Å². The average Bonchev–Trinajstić information content (AvgIpc) is 2.68. The highest BCUT2D eigenvalue weighted by Crippen LogP contribution is 2.32. The summed E-state index contributed by atoms with van der Waals surface area (Å²) in [5.41, 5.74) is -0.238. The minimum absolute atomic E-state index is 0.166. The number of aliphatic hydroxyl groups is 1. The van der Waals surface area contributed by atoms with Crippen LogP contribution in [0.3, 0.4) is 0 Å². The number of nitrogens with zero attached hydrogens (tertiary/aromatic N) is 1. The summed E-state index contributed by atoms with van der Waals surface area (Å²) in [6, 6.07) is 3.23. The number of amides is 1. The largest absolute Gasteiger partial charge is 0.444 e. The summed E-state index contributed by atoms with van der Waals surface area (Å²) in [5, 5.41) is 9.96. The smallest absolute Gasteiger partial charge is 0.412 e. The molecule has 0 spiro atoms. The van der Waals surface area contributed by atoms with E-state index in [-0.39, 0.29) is 18.9 Å². The molecule has 1 aliphatic heterocycles. The van der Waals surface area contributed by atoms with E-state index in [0.29, 0.717) is 5.56 Å². The number of hydrogen-bond acceptors (Lipinski definition) is 3. The molecule has 6 heteroatoms. The quantitative estimate of drug-likeness (QED) is 0.867. The highest BCUT2D eigenvalue weighted by Gasteiger charge is 2.37. The van der Waals surface area contributed by atoms with E-state index in [0.717, 1.165) is 6.07 Å². The summed E-state index contributed by atoms with van der Waals surface area (Å²) in [4.78, 5) is 13.2. The molecule has 1 heterocycles. The maximum atomic E-state index is 13.2. The normalized spacial score (nSPS) is 22.5. The monoisotopic (exact) mass is 299 g/mol. The van der Waals surface area contributed by atoms with E-state index >= 15 is 0 Å². The van der Waals surface area contributed by atoms with Crippen molar-refractivity contribution >= 4 is 6.09 Å². The molecular weight excluding hydrogens is 280 g/mol. The van der Waals surface area contributed by atoms with Crippen LogP contribution < -0.4 is 0 Å². The van der Waals surface area contributed by atoms with Gasteiger partial charge in [0.25, 0.3) is 0 Å². The zero-order valence-electron chi connectivity index (χ0n) is 12.3. The maximum Gasteiger partial charge on any atom is 0.412 e. The SMILES string of the molecule is CC(C)(C)OC(=O)N1CC(c2cc(F)cc(F)c2)CC1O. The van der Waals surface area contributed by atoms with E-state index in [2.05, 4.69) is 0 Å². The highest BCUT2D eigenvalue weighted by molar-refractivity contribution is 5.69. The molecule has 2 rings (SSSR count). The van der Waals surface area contributed by atoms with Crippen molar-refractivity contribution in [1.82, 2.24) is 4.90 Å². The lowest BCUT2D eigenvalue weighted by Gasteiger charge is -2.26. The van der Waals surface area contributed by atoms with Gasteiger partial charge >= 0.3 is 6.09 Å². The molecule has 1 fully saturated rings. The van der Waals surface area contributed by atoms with Crippen molar-refractivity contribution in [1.29, 1.82) is 0 Å². The molecular formula is C15H19F2NO3. The Morgan fingerprint density at radius 3 is 2.38 bits per heavy atom. The second-order valence-electron chi connectivity index (χ2n) is 6.25. The van der Waals surface area contributed by atoms with Crippen LogP contribution in [0, 0.1) is 11.6 Å². The summed E-state index contributed by atoms with van der Waals surface area (Å²) in [6.07, 6.45) is -1.42. The molecule has 0 aliphatic carbocycles. The van der Waals surface area contributed by atoms with Gasteiger partial charge in [-0.05, 0) is 38.5 Å². The molecule has 4 nitrogen and oxygen atoms in total. The lowest BCUT2D eigenvalue weighted by Crippen LogP contribution is -2.39. The third kappa shape index (κ3) is 3.91. The van der Waals surface area contributed by atoms with Crippen molar-refractivity contribution in [3.05, 3.63) is 35.4 Å². The van der Waals surface area contributed by atoms with Gasteiger partial charge in [0.05, 0.1) is 0 Å². The van der Waals surface area contributed by atoms with Crippen LogP contribution in [0.1, 0.15) is 38.7 Å².